The van der Waals surface area contributed by atoms with Crippen LogP contribution in [0.3, 0.4) is 0 Å². The Kier molecular flexibility index (Phi) is 4.96. The van der Waals surface area contributed by atoms with Crippen molar-refractivity contribution < 1.29 is 18.7 Å². The van der Waals surface area contributed by atoms with Crippen LogP contribution in [0.25, 0.3) is 10.8 Å². The summed E-state index contributed by atoms with van der Waals surface area (Å²) in [6, 6.07) is 9.31. The van der Waals surface area contributed by atoms with Crippen LogP contribution in [-0.4, -0.2) is 22.5 Å². The number of halogens is 1. The number of aromatic nitrogens is 1. The van der Waals surface area contributed by atoms with Crippen molar-refractivity contribution in [1.82, 2.24) is 10.3 Å². The van der Waals surface area contributed by atoms with E-state index in [4.69, 9.17) is 4.42 Å². The van der Waals surface area contributed by atoms with Crippen LogP contribution in [0.2, 0.25) is 0 Å². The third-order valence-electron chi connectivity index (χ3n) is 3.64. The number of aryl methyl sites for hydroxylation is 2. The largest absolute Gasteiger partial charge is 0.459 e. The van der Waals surface area contributed by atoms with Crippen molar-refractivity contribution in [3.8, 4) is 10.8 Å². The number of thiazole rings is 1. The fourth-order valence-electron chi connectivity index (χ4n) is 2.36. The summed E-state index contributed by atoms with van der Waals surface area (Å²) in [6.07, 6.45) is -0.986. The smallest absolute Gasteiger partial charge is 0.263 e. The van der Waals surface area contributed by atoms with E-state index in [0.717, 1.165) is 5.76 Å². The fourth-order valence-corrected chi connectivity index (χ4v) is 3.31. The molecule has 1 aromatic carbocycles. The Morgan fingerprint density at radius 3 is 2.84 bits per heavy atom. The number of hydrogen-bond donors (Lipinski definition) is 2. The van der Waals surface area contributed by atoms with Crippen LogP contribution in [0.1, 0.15) is 32.8 Å². The second-order valence-electron chi connectivity index (χ2n) is 5.62. The Morgan fingerprint density at radius 2 is 2.16 bits per heavy atom. The van der Waals surface area contributed by atoms with Crippen LogP contribution in [0.4, 0.5) is 4.39 Å². The lowest BCUT2D eigenvalue weighted by Gasteiger charge is -2.12. The summed E-state index contributed by atoms with van der Waals surface area (Å²) in [5.41, 5.74) is 1.000. The minimum atomic E-state index is -0.986. The Hall–Kier alpha value is -2.51. The average molecular weight is 360 g/mol. The molecular weight excluding hydrogens is 343 g/mol. The van der Waals surface area contributed by atoms with Crippen molar-refractivity contribution in [2.24, 2.45) is 0 Å². The number of aliphatic hydroxyl groups excluding tert-OH is 1. The molecule has 2 N–H and O–H groups in total. The molecule has 3 aromatic rings. The maximum absolute atomic E-state index is 13.2. The number of hydrogen-bond acceptors (Lipinski definition) is 5. The SMILES string of the molecule is Cc1ccc(-c2nc(C)c(C(=O)NCC(O)c3cccc(F)c3)s2)o1. The van der Waals surface area contributed by atoms with Gasteiger partial charge in [0.05, 0.1) is 11.8 Å². The van der Waals surface area contributed by atoms with E-state index in [-0.39, 0.29) is 12.5 Å². The van der Waals surface area contributed by atoms with E-state index < -0.39 is 11.9 Å². The lowest BCUT2D eigenvalue weighted by molar-refractivity contribution is 0.0919. The summed E-state index contributed by atoms with van der Waals surface area (Å²) in [7, 11) is 0. The summed E-state index contributed by atoms with van der Waals surface area (Å²) in [6.45, 7) is 3.56. The van der Waals surface area contributed by atoms with E-state index in [9.17, 15) is 14.3 Å². The molecule has 5 nitrogen and oxygen atoms in total. The Morgan fingerprint density at radius 1 is 1.36 bits per heavy atom. The fraction of sp³-hybridized carbons (Fsp3) is 0.222. The third-order valence-corrected chi connectivity index (χ3v) is 4.81. The van der Waals surface area contributed by atoms with E-state index in [1.54, 1.807) is 13.0 Å². The molecule has 0 bridgehead atoms. The van der Waals surface area contributed by atoms with Crippen LogP contribution in [-0.2, 0) is 0 Å². The van der Waals surface area contributed by atoms with E-state index in [1.165, 1.54) is 29.5 Å². The molecule has 130 valence electrons. The van der Waals surface area contributed by atoms with Crippen molar-refractivity contribution in [3.63, 3.8) is 0 Å². The van der Waals surface area contributed by atoms with Crippen molar-refractivity contribution in [1.29, 1.82) is 0 Å². The molecule has 0 saturated heterocycles. The molecule has 2 aromatic heterocycles. The molecular formula is C18H17FN2O3S. The van der Waals surface area contributed by atoms with Crippen LogP contribution < -0.4 is 5.32 Å². The van der Waals surface area contributed by atoms with Gasteiger partial charge < -0.3 is 14.8 Å². The maximum Gasteiger partial charge on any atom is 0.263 e. The standard InChI is InChI=1S/C18H17FN2O3S/c1-10-6-7-15(24-10)18-21-11(2)16(25-18)17(23)20-9-14(22)12-4-3-5-13(19)8-12/h3-8,14,22H,9H2,1-2H3,(H,20,23). The molecule has 0 saturated carbocycles. The Labute approximate surface area is 148 Å². The highest BCUT2D eigenvalue weighted by Gasteiger charge is 2.19. The molecule has 25 heavy (non-hydrogen) atoms. The maximum atomic E-state index is 13.2. The molecule has 0 aliphatic heterocycles. The van der Waals surface area contributed by atoms with Gasteiger partial charge in [0.25, 0.3) is 5.91 Å². The molecule has 0 radical (unpaired) electrons. The minimum Gasteiger partial charge on any atom is -0.459 e. The predicted molar refractivity (Wildman–Crippen MR) is 93.0 cm³/mol. The molecule has 1 atom stereocenters. The first-order valence-corrected chi connectivity index (χ1v) is 8.51. The Bertz CT molecular complexity index is 903. The monoisotopic (exact) mass is 360 g/mol. The van der Waals surface area contributed by atoms with E-state index in [2.05, 4.69) is 10.3 Å². The number of aliphatic hydroxyl groups is 1. The number of furan rings is 1. The van der Waals surface area contributed by atoms with Crippen LogP contribution in [0.5, 0.6) is 0 Å². The van der Waals surface area contributed by atoms with Crippen LogP contribution in [0.15, 0.2) is 40.8 Å². The van der Waals surface area contributed by atoms with E-state index >= 15 is 0 Å². The van der Waals surface area contributed by atoms with Gasteiger partial charge in [0.1, 0.15) is 16.5 Å². The molecule has 1 unspecified atom stereocenters. The van der Waals surface area contributed by atoms with Crippen molar-refractivity contribution in [2.75, 3.05) is 6.54 Å². The lowest BCUT2D eigenvalue weighted by atomic mass is 10.1. The second kappa shape index (κ2) is 7.16. The normalized spacial score (nSPS) is 12.2. The summed E-state index contributed by atoms with van der Waals surface area (Å²) in [5, 5.41) is 13.4. The highest BCUT2D eigenvalue weighted by molar-refractivity contribution is 7.17. The van der Waals surface area contributed by atoms with Gasteiger partial charge in [0.15, 0.2) is 10.8 Å². The van der Waals surface area contributed by atoms with Gasteiger partial charge >= 0.3 is 0 Å². The zero-order valence-corrected chi connectivity index (χ0v) is 14.6. The van der Waals surface area contributed by atoms with E-state index in [1.807, 2.05) is 19.1 Å². The first-order chi connectivity index (χ1) is 11.9. The molecule has 0 aliphatic carbocycles. The van der Waals surface area contributed by atoms with Gasteiger partial charge in [-0.05, 0) is 43.7 Å². The van der Waals surface area contributed by atoms with Gasteiger partial charge in [-0.2, -0.15) is 0 Å². The van der Waals surface area contributed by atoms with Gasteiger partial charge in [0, 0.05) is 6.54 Å². The summed E-state index contributed by atoms with van der Waals surface area (Å²) >= 11 is 1.23. The number of rotatable bonds is 5. The summed E-state index contributed by atoms with van der Waals surface area (Å²) in [5.74, 6) is 0.621. The zero-order valence-electron chi connectivity index (χ0n) is 13.7. The molecule has 7 heteroatoms. The molecule has 1 amide bonds. The highest BCUT2D eigenvalue weighted by Crippen LogP contribution is 2.29. The highest BCUT2D eigenvalue weighted by atomic mass is 32.1. The molecule has 3 rings (SSSR count). The number of amides is 1. The van der Waals surface area contributed by atoms with Crippen molar-refractivity contribution in [3.05, 3.63) is 64.1 Å². The van der Waals surface area contributed by atoms with Gasteiger partial charge in [-0.1, -0.05) is 12.1 Å². The molecule has 0 spiro atoms. The quantitative estimate of drug-likeness (QED) is 0.729. The van der Waals surface area contributed by atoms with Crippen LogP contribution in [0, 0.1) is 19.7 Å². The van der Waals surface area contributed by atoms with Crippen molar-refractivity contribution in [2.45, 2.75) is 20.0 Å². The second-order valence-corrected chi connectivity index (χ2v) is 6.62. The van der Waals surface area contributed by atoms with Gasteiger partial charge in [0.2, 0.25) is 0 Å². The van der Waals surface area contributed by atoms with Crippen LogP contribution >= 0.6 is 11.3 Å². The number of benzene rings is 1. The number of carbonyl (C=O) groups is 1. The molecule has 0 aliphatic rings. The number of carbonyl (C=O) groups excluding carboxylic acids is 1. The van der Waals surface area contributed by atoms with Gasteiger partial charge in [-0.3, -0.25) is 4.79 Å². The lowest BCUT2D eigenvalue weighted by Crippen LogP contribution is -2.28. The number of nitrogens with zero attached hydrogens (tertiary/aromatic N) is 1. The minimum absolute atomic E-state index is 0.0190. The van der Waals surface area contributed by atoms with Gasteiger partial charge in [-0.25, -0.2) is 9.37 Å². The average Bonchev–Trinajstić information content (AvgIpc) is 3.18. The van der Waals surface area contributed by atoms with Crippen molar-refractivity contribution >= 4 is 17.2 Å². The summed E-state index contributed by atoms with van der Waals surface area (Å²) < 4.78 is 18.7. The first-order valence-electron chi connectivity index (χ1n) is 7.70. The zero-order chi connectivity index (χ0) is 18.0. The molecule has 0 fully saturated rings. The molecule has 2 heterocycles. The van der Waals surface area contributed by atoms with E-state index in [0.29, 0.717) is 26.9 Å². The topological polar surface area (TPSA) is 75.4 Å². The third kappa shape index (κ3) is 3.94. The first kappa shape index (κ1) is 17.3. The number of nitrogens with one attached hydrogen (secondary N) is 1. The predicted octanol–water partition coefficient (Wildman–Crippen LogP) is 3.62. The summed E-state index contributed by atoms with van der Waals surface area (Å²) in [4.78, 5) is 17.2. The van der Waals surface area contributed by atoms with Gasteiger partial charge in [-0.15, -0.1) is 11.3 Å². The Balaban J connectivity index is 1.68.